The maximum Gasteiger partial charge on any atom is 0.130 e. The highest BCUT2D eigenvalue weighted by atomic mass is 19.1. The minimum atomic E-state index is -0.477. The molecule has 0 saturated heterocycles. The molecule has 0 bridgehead atoms. The number of hydrogen-bond acceptors (Lipinski definition) is 2. The summed E-state index contributed by atoms with van der Waals surface area (Å²) in [7, 11) is 0. The second-order valence-electron chi connectivity index (χ2n) is 5.17. The Kier molecular flexibility index (Phi) is 4.88. The Hall–Kier alpha value is -1.00. The monoisotopic (exact) mass is 268 g/mol. The summed E-state index contributed by atoms with van der Waals surface area (Å²) in [5, 5.41) is 3.21. The van der Waals surface area contributed by atoms with E-state index in [4.69, 9.17) is 0 Å². The fraction of sp³-hybridized carbons (Fsp3) is 0.600. The number of rotatable bonds is 7. The van der Waals surface area contributed by atoms with Crippen LogP contribution in [0.1, 0.15) is 38.3 Å². The molecule has 1 aliphatic rings. The summed E-state index contributed by atoms with van der Waals surface area (Å²) < 4.78 is 27.2. The van der Waals surface area contributed by atoms with Gasteiger partial charge in [-0.15, -0.1) is 0 Å². The standard InChI is InChI=1S/C15H22F2N2/c1-3-19(12-7-8-12)10-9-18-11(2)15-13(16)5-4-6-14(15)17/h4-6,11-12,18H,3,7-10H2,1-2H3. The van der Waals surface area contributed by atoms with Gasteiger partial charge < -0.3 is 5.32 Å². The lowest BCUT2D eigenvalue weighted by atomic mass is 10.1. The van der Waals surface area contributed by atoms with Crippen LogP contribution in [-0.4, -0.2) is 30.6 Å². The Balaban J connectivity index is 1.85. The summed E-state index contributed by atoms with van der Waals surface area (Å²) >= 11 is 0. The Bertz CT molecular complexity index is 398. The van der Waals surface area contributed by atoms with Crippen LogP contribution in [0.2, 0.25) is 0 Å². The summed E-state index contributed by atoms with van der Waals surface area (Å²) in [4.78, 5) is 2.41. The van der Waals surface area contributed by atoms with E-state index in [1.807, 2.05) is 0 Å². The average molecular weight is 268 g/mol. The van der Waals surface area contributed by atoms with Crippen LogP contribution in [0.25, 0.3) is 0 Å². The van der Waals surface area contributed by atoms with Gasteiger partial charge in [0, 0.05) is 30.7 Å². The third kappa shape index (κ3) is 3.74. The molecule has 1 aromatic rings. The van der Waals surface area contributed by atoms with Crippen LogP contribution in [0.3, 0.4) is 0 Å². The largest absolute Gasteiger partial charge is 0.309 e. The van der Waals surface area contributed by atoms with E-state index in [2.05, 4.69) is 17.1 Å². The van der Waals surface area contributed by atoms with E-state index >= 15 is 0 Å². The van der Waals surface area contributed by atoms with Crippen molar-refractivity contribution in [2.75, 3.05) is 19.6 Å². The topological polar surface area (TPSA) is 15.3 Å². The van der Waals surface area contributed by atoms with E-state index in [1.54, 1.807) is 6.92 Å². The third-order valence-corrected chi connectivity index (χ3v) is 3.75. The lowest BCUT2D eigenvalue weighted by Gasteiger charge is -2.22. The summed E-state index contributed by atoms with van der Waals surface area (Å²) in [5.74, 6) is -0.955. The molecule has 4 heteroatoms. The Labute approximate surface area is 113 Å². The predicted molar refractivity (Wildman–Crippen MR) is 73.0 cm³/mol. The smallest absolute Gasteiger partial charge is 0.130 e. The summed E-state index contributed by atoms with van der Waals surface area (Å²) in [5.41, 5.74) is 0.136. The number of benzene rings is 1. The van der Waals surface area contributed by atoms with Crippen molar-refractivity contribution in [1.82, 2.24) is 10.2 Å². The molecule has 1 N–H and O–H groups in total. The Morgan fingerprint density at radius 3 is 2.47 bits per heavy atom. The van der Waals surface area contributed by atoms with Gasteiger partial charge in [0.15, 0.2) is 0 Å². The molecule has 1 unspecified atom stereocenters. The maximum absolute atomic E-state index is 13.6. The van der Waals surface area contributed by atoms with Crippen molar-refractivity contribution in [3.63, 3.8) is 0 Å². The molecule has 0 aromatic heterocycles. The van der Waals surface area contributed by atoms with Gasteiger partial charge in [-0.1, -0.05) is 13.0 Å². The van der Waals surface area contributed by atoms with Gasteiger partial charge in [0.2, 0.25) is 0 Å². The molecule has 2 rings (SSSR count). The van der Waals surface area contributed by atoms with Gasteiger partial charge in [-0.25, -0.2) is 8.78 Å². The number of halogens is 2. The molecule has 1 atom stereocenters. The van der Waals surface area contributed by atoms with Crippen molar-refractivity contribution in [2.45, 2.75) is 38.8 Å². The summed E-state index contributed by atoms with van der Waals surface area (Å²) in [6.45, 7) is 6.67. The zero-order valence-electron chi connectivity index (χ0n) is 11.6. The number of nitrogens with one attached hydrogen (secondary N) is 1. The van der Waals surface area contributed by atoms with Crippen LogP contribution < -0.4 is 5.32 Å². The van der Waals surface area contributed by atoms with E-state index in [0.29, 0.717) is 0 Å². The molecule has 0 radical (unpaired) electrons. The highest BCUT2D eigenvalue weighted by Gasteiger charge is 2.27. The van der Waals surface area contributed by atoms with Crippen LogP contribution in [0, 0.1) is 11.6 Å². The van der Waals surface area contributed by atoms with E-state index in [1.165, 1.54) is 31.0 Å². The van der Waals surface area contributed by atoms with E-state index < -0.39 is 11.6 Å². The third-order valence-electron chi connectivity index (χ3n) is 3.75. The zero-order chi connectivity index (χ0) is 13.8. The highest BCUT2D eigenvalue weighted by molar-refractivity contribution is 5.22. The van der Waals surface area contributed by atoms with E-state index in [-0.39, 0.29) is 11.6 Å². The van der Waals surface area contributed by atoms with Crippen molar-refractivity contribution in [3.8, 4) is 0 Å². The quantitative estimate of drug-likeness (QED) is 0.817. The van der Waals surface area contributed by atoms with Crippen LogP contribution in [-0.2, 0) is 0 Å². The summed E-state index contributed by atoms with van der Waals surface area (Å²) in [6, 6.07) is 4.43. The molecule has 1 saturated carbocycles. The maximum atomic E-state index is 13.6. The molecule has 106 valence electrons. The predicted octanol–water partition coefficient (Wildman–Crippen LogP) is 3.10. The molecule has 0 amide bonds. The first-order chi connectivity index (χ1) is 9.13. The molecule has 0 aliphatic heterocycles. The van der Waals surface area contributed by atoms with Gasteiger partial charge in [0.1, 0.15) is 11.6 Å². The SMILES string of the molecule is CCN(CCNC(C)c1c(F)cccc1F)C1CC1. The van der Waals surface area contributed by atoms with Crippen LogP contribution in [0.15, 0.2) is 18.2 Å². The lowest BCUT2D eigenvalue weighted by Crippen LogP contribution is -2.34. The molecule has 2 nitrogen and oxygen atoms in total. The van der Waals surface area contributed by atoms with Crippen molar-refractivity contribution < 1.29 is 8.78 Å². The number of hydrogen-bond donors (Lipinski definition) is 1. The highest BCUT2D eigenvalue weighted by Crippen LogP contribution is 2.26. The fourth-order valence-electron chi connectivity index (χ4n) is 2.49. The molecule has 0 heterocycles. The Morgan fingerprint density at radius 2 is 1.95 bits per heavy atom. The zero-order valence-corrected chi connectivity index (χ0v) is 11.6. The Morgan fingerprint density at radius 1 is 1.32 bits per heavy atom. The summed E-state index contributed by atoms with van der Waals surface area (Å²) in [6.07, 6.45) is 2.57. The van der Waals surface area contributed by atoms with Crippen LogP contribution in [0.5, 0.6) is 0 Å². The van der Waals surface area contributed by atoms with Crippen molar-refractivity contribution in [2.24, 2.45) is 0 Å². The molecule has 1 aromatic carbocycles. The van der Waals surface area contributed by atoms with Crippen LogP contribution in [0.4, 0.5) is 8.78 Å². The average Bonchev–Trinajstić information content (AvgIpc) is 3.18. The first kappa shape index (κ1) is 14.4. The van der Waals surface area contributed by atoms with Gasteiger partial charge >= 0.3 is 0 Å². The first-order valence-corrected chi connectivity index (χ1v) is 7.04. The first-order valence-electron chi connectivity index (χ1n) is 7.04. The van der Waals surface area contributed by atoms with Crippen molar-refractivity contribution in [3.05, 3.63) is 35.4 Å². The van der Waals surface area contributed by atoms with Gasteiger partial charge in [-0.3, -0.25) is 4.90 Å². The van der Waals surface area contributed by atoms with Gasteiger partial charge in [-0.05, 0) is 38.4 Å². The molecule has 19 heavy (non-hydrogen) atoms. The van der Waals surface area contributed by atoms with E-state index in [9.17, 15) is 8.78 Å². The van der Waals surface area contributed by atoms with Crippen molar-refractivity contribution in [1.29, 1.82) is 0 Å². The van der Waals surface area contributed by atoms with E-state index in [0.717, 1.165) is 25.7 Å². The number of nitrogens with zero attached hydrogens (tertiary/aromatic N) is 1. The van der Waals surface area contributed by atoms with Gasteiger partial charge in [-0.2, -0.15) is 0 Å². The lowest BCUT2D eigenvalue weighted by molar-refractivity contribution is 0.272. The molecular formula is C15H22F2N2. The molecule has 0 spiro atoms. The molecular weight excluding hydrogens is 246 g/mol. The fourth-order valence-corrected chi connectivity index (χ4v) is 2.49. The minimum absolute atomic E-state index is 0.136. The van der Waals surface area contributed by atoms with Gasteiger partial charge in [0.25, 0.3) is 0 Å². The van der Waals surface area contributed by atoms with Crippen LogP contribution >= 0.6 is 0 Å². The van der Waals surface area contributed by atoms with Gasteiger partial charge in [0.05, 0.1) is 0 Å². The molecule has 1 aliphatic carbocycles. The molecule has 1 fully saturated rings. The normalized spacial score (nSPS) is 16.9. The second kappa shape index (κ2) is 6.44. The number of likely N-dealkylation sites (N-methyl/N-ethyl adjacent to an activating group) is 1. The minimum Gasteiger partial charge on any atom is -0.309 e. The second-order valence-corrected chi connectivity index (χ2v) is 5.17. The van der Waals surface area contributed by atoms with Crippen molar-refractivity contribution >= 4 is 0 Å².